The van der Waals surface area contributed by atoms with E-state index < -0.39 is 29.8 Å². The van der Waals surface area contributed by atoms with Gasteiger partial charge >= 0.3 is 12.5 Å². The molecule has 1 fully saturated rings. The molecule has 1 aliphatic heterocycles. The number of alkyl halides is 3. The van der Waals surface area contributed by atoms with Crippen molar-refractivity contribution in [3.8, 4) is 17.2 Å². The van der Waals surface area contributed by atoms with E-state index in [0.717, 1.165) is 12.5 Å². The van der Waals surface area contributed by atoms with E-state index in [0.29, 0.717) is 13.0 Å². The highest BCUT2D eigenvalue weighted by molar-refractivity contribution is 5.69. The Balaban J connectivity index is 1.84. The van der Waals surface area contributed by atoms with Gasteiger partial charge in [0.15, 0.2) is 5.82 Å². The fourth-order valence-electron chi connectivity index (χ4n) is 2.91. The molecule has 1 aliphatic rings. The van der Waals surface area contributed by atoms with Crippen LogP contribution in [0.2, 0.25) is 0 Å². The van der Waals surface area contributed by atoms with Crippen molar-refractivity contribution in [2.45, 2.75) is 51.6 Å². The molecule has 0 saturated carbocycles. The SMILES string of the molecule is CC(C)(C)OC(=O)N1CCCC1c1noc(-c2ccccc2OC(F)(F)F)n1. The van der Waals surface area contributed by atoms with Crippen LogP contribution in [-0.2, 0) is 4.74 Å². The second-order valence-electron chi connectivity index (χ2n) is 7.33. The highest BCUT2D eigenvalue weighted by atomic mass is 19.4. The van der Waals surface area contributed by atoms with Gasteiger partial charge in [-0.1, -0.05) is 17.3 Å². The molecule has 2 aromatic rings. The minimum atomic E-state index is -4.85. The average molecular weight is 399 g/mol. The van der Waals surface area contributed by atoms with Crippen LogP contribution < -0.4 is 4.74 Å². The predicted molar refractivity (Wildman–Crippen MR) is 91.3 cm³/mol. The molecule has 0 bridgehead atoms. The van der Waals surface area contributed by atoms with E-state index in [2.05, 4.69) is 14.9 Å². The highest BCUT2D eigenvalue weighted by Crippen LogP contribution is 2.36. The molecular formula is C18H20F3N3O4. The molecule has 10 heteroatoms. The quantitative estimate of drug-likeness (QED) is 0.744. The first-order valence-electron chi connectivity index (χ1n) is 8.72. The number of benzene rings is 1. The van der Waals surface area contributed by atoms with Gasteiger partial charge in [-0.05, 0) is 45.7 Å². The lowest BCUT2D eigenvalue weighted by Crippen LogP contribution is -2.36. The van der Waals surface area contributed by atoms with E-state index in [9.17, 15) is 18.0 Å². The first-order valence-corrected chi connectivity index (χ1v) is 8.72. The van der Waals surface area contributed by atoms with Crippen LogP contribution in [0.5, 0.6) is 5.75 Å². The molecule has 1 atom stereocenters. The van der Waals surface area contributed by atoms with Crippen LogP contribution in [0.15, 0.2) is 28.8 Å². The maximum Gasteiger partial charge on any atom is 0.573 e. The molecule has 3 rings (SSSR count). The molecule has 1 aromatic carbocycles. The van der Waals surface area contributed by atoms with Gasteiger partial charge < -0.3 is 14.0 Å². The fourth-order valence-corrected chi connectivity index (χ4v) is 2.91. The molecule has 7 nitrogen and oxygen atoms in total. The maximum absolute atomic E-state index is 12.6. The smallest absolute Gasteiger partial charge is 0.444 e. The van der Waals surface area contributed by atoms with Crippen molar-refractivity contribution < 1.29 is 32.0 Å². The molecule has 152 valence electrons. The lowest BCUT2D eigenvalue weighted by molar-refractivity contribution is -0.274. The Labute approximate surface area is 159 Å². The summed E-state index contributed by atoms with van der Waals surface area (Å²) in [5.74, 6) is -0.355. The van der Waals surface area contributed by atoms with Crippen molar-refractivity contribution in [2.24, 2.45) is 0 Å². The molecule has 0 N–H and O–H groups in total. The van der Waals surface area contributed by atoms with Gasteiger partial charge in [-0.3, -0.25) is 4.90 Å². The van der Waals surface area contributed by atoms with Gasteiger partial charge in [-0.25, -0.2) is 4.79 Å². The van der Waals surface area contributed by atoms with Crippen LogP contribution in [0.3, 0.4) is 0 Å². The molecule has 0 aliphatic carbocycles. The Kier molecular flexibility index (Phi) is 5.22. The number of aromatic nitrogens is 2. The van der Waals surface area contributed by atoms with Crippen LogP contribution in [0.1, 0.15) is 45.5 Å². The molecule has 1 aromatic heterocycles. The zero-order valence-electron chi connectivity index (χ0n) is 15.6. The first kappa shape index (κ1) is 20.0. The summed E-state index contributed by atoms with van der Waals surface area (Å²) in [6.07, 6.45) is -4.03. The third-order valence-electron chi connectivity index (χ3n) is 3.96. The largest absolute Gasteiger partial charge is 0.573 e. The van der Waals surface area contributed by atoms with Crippen LogP contribution in [-0.4, -0.2) is 39.6 Å². The molecule has 1 saturated heterocycles. The molecular weight excluding hydrogens is 379 g/mol. The summed E-state index contributed by atoms with van der Waals surface area (Å²) < 4.78 is 52.4. The zero-order chi connectivity index (χ0) is 20.5. The predicted octanol–water partition coefficient (Wildman–Crippen LogP) is 4.71. The highest BCUT2D eigenvalue weighted by Gasteiger charge is 2.37. The monoisotopic (exact) mass is 399 g/mol. The lowest BCUT2D eigenvalue weighted by atomic mass is 10.2. The number of amides is 1. The van der Waals surface area contributed by atoms with Crippen LogP contribution in [0.25, 0.3) is 11.5 Å². The van der Waals surface area contributed by atoms with E-state index in [1.54, 1.807) is 20.8 Å². The Morgan fingerprint density at radius 3 is 2.64 bits per heavy atom. The van der Waals surface area contributed by atoms with Gasteiger partial charge in [0.2, 0.25) is 0 Å². The Bertz CT molecular complexity index is 845. The van der Waals surface area contributed by atoms with Crippen molar-refractivity contribution in [3.05, 3.63) is 30.1 Å². The van der Waals surface area contributed by atoms with Crippen LogP contribution in [0, 0.1) is 0 Å². The van der Waals surface area contributed by atoms with Crippen molar-refractivity contribution in [1.82, 2.24) is 15.0 Å². The molecule has 1 amide bonds. The second kappa shape index (κ2) is 7.33. The summed E-state index contributed by atoms with van der Waals surface area (Å²) in [6, 6.07) is 5.02. The number of likely N-dealkylation sites (tertiary alicyclic amines) is 1. The van der Waals surface area contributed by atoms with Crippen molar-refractivity contribution in [3.63, 3.8) is 0 Å². The van der Waals surface area contributed by atoms with Crippen molar-refractivity contribution >= 4 is 6.09 Å². The summed E-state index contributed by atoms with van der Waals surface area (Å²) in [5, 5.41) is 3.87. The topological polar surface area (TPSA) is 77.7 Å². The lowest BCUT2D eigenvalue weighted by Gasteiger charge is -2.27. The van der Waals surface area contributed by atoms with E-state index in [1.807, 2.05) is 0 Å². The number of nitrogens with zero attached hydrogens (tertiary/aromatic N) is 3. The fraction of sp³-hybridized carbons (Fsp3) is 0.500. The van der Waals surface area contributed by atoms with Crippen molar-refractivity contribution in [1.29, 1.82) is 0 Å². The average Bonchev–Trinajstić information content (AvgIpc) is 3.21. The van der Waals surface area contributed by atoms with Crippen molar-refractivity contribution in [2.75, 3.05) is 6.54 Å². The normalized spacial score (nSPS) is 17.6. The number of carbonyl (C=O) groups is 1. The van der Waals surface area contributed by atoms with E-state index >= 15 is 0 Å². The number of rotatable bonds is 3. The van der Waals surface area contributed by atoms with Crippen LogP contribution in [0.4, 0.5) is 18.0 Å². The minimum Gasteiger partial charge on any atom is -0.444 e. The Morgan fingerprint density at radius 2 is 1.96 bits per heavy atom. The first-order chi connectivity index (χ1) is 13.0. The van der Waals surface area contributed by atoms with Gasteiger partial charge in [0, 0.05) is 6.54 Å². The third kappa shape index (κ3) is 4.73. The minimum absolute atomic E-state index is 0.0142. The maximum atomic E-state index is 12.6. The van der Waals surface area contributed by atoms with Gasteiger partial charge in [0.25, 0.3) is 5.89 Å². The zero-order valence-corrected chi connectivity index (χ0v) is 15.6. The number of hydrogen-bond donors (Lipinski definition) is 0. The summed E-state index contributed by atoms with van der Waals surface area (Å²) >= 11 is 0. The number of ether oxygens (including phenoxy) is 2. The summed E-state index contributed by atoms with van der Waals surface area (Å²) in [6.45, 7) is 5.76. The Morgan fingerprint density at radius 1 is 1.25 bits per heavy atom. The van der Waals surface area contributed by atoms with Gasteiger partial charge in [0.05, 0.1) is 11.6 Å². The number of carbonyl (C=O) groups excluding carboxylic acids is 1. The Hall–Kier alpha value is -2.78. The summed E-state index contributed by atoms with van der Waals surface area (Å²) in [5.41, 5.74) is -0.638. The van der Waals surface area contributed by atoms with Gasteiger partial charge in [0.1, 0.15) is 11.4 Å². The number of halogens is 3. The summed E-state index contributed by atoms with van der Waals surface area (Å²) in [4.78, 5) is 18.1. The van der Waals surface area contributed by atoms with E-state index in [-0.39, 0.29) is 17.3 Å². The van der Waals surface area contributed by atoms with Crippen LogP contribution >= 0.6 is 0 Å². The van der Waals surface area contributed by atoms with E-state index in [1.165, 1.54) is 23.1 Å². The number of para-hydroxylation sites is 1. The molecule has 0 spiro atoms. The summed E-state index contributed by atoms with van der Waals surface area (Å²) in [7, 11) is 0. The molecule has 28 heavy (non-hydrogen) atoms. The second-order valence-corrected chi connectivity index (χ2v) is 7.33. The molecule has 0 radical (unpaired) electrons. The molecule has 1 unspecified atom stereocenters. The standard InChI is InChI=1S/C18H20F3N3O4/c1-17(2,3)27-16(25)24-10-6-8-12(24)14-22-15(28-23-14)11-7-4-5-9-13(11)26-18(19,20)21/h4-5,7,9,12H,6,8,10H2,1-3H3. The van der Waals surface area contributed by atoms with Gasteiger partial charge in [-0.2, -0.15) is 4.98 Å². The molecule has 2 heterocycles. The van der Waals surface area contributed by atoms with E-state index in [4.69, 9.17) is 9.26 Å². The third-order valence-corrected chi connectivity index (χ3v) is 3.96. The van der Waals surface area contributed by atoms with Gasteiger partial charge in [-0.15, -0.1) is 13.2 Å². The number of hydrogen-bond acceptors (Lipinski definition) is 6.